The maximum atomic E-state index is 10.7. The van der Waals surface area contributed by atoms with Crippen molar-refractivity contribution in [3.05, 3.63) is 52.6 Å². The number of rotatable bonds is 4. The van der Waals surface area contributed by atoms with Gasteiger partial charge < -0.3 is 4.74 Å². The lowest BCUT2D eigenvalue weighted by molar-refractivity contribution is 0.154. The maximum absolute atomic E-state index is 10.7. The molecule has 0 saturated carbocycles. The van der Waals surface area contributed by atoms with Crippen molar-refractivity contribution >= 4 is 0 Å². The zero-order chi connectivity index (χ0) is 11.3. The normalized spacial score (nSPS) is 21.9. The highest BCUT2D eigenvalue weighted by atomic mass is 16.5. The molecule has 0 amide bonds. The number of nitrogens with zero attached hydrogens (tertiary/aromatic N) is 1. The fourth-order valence-electron chi connectivity index (χ4n) is 1.51. The van der Waals surface area contributed by atoms with E-state index < -0.39 is 0 Å². The highest BCUT2D eigenvalue weighted by Gasteiger charge is 2.19. The van der Waals surface area contributed by atoms with Gasteiger partial charge in [0.05, 0.1) is 6.61 Å². The first-order valence-electron chi connectivity index (χ1n) is 4.85. The Morgan fingerprint density at radius 1 is 1.67 bits per heavy atom. The Morgan fingerprint density at radius 2 is 2.40 bits per heavy atom. The fraction of sp³-hybridized carbons (Fsp3) is 0.333. The van der Waals surface area contributed by atoms with Gasteiger partial charge in [-0.3, -0.25) is 0 Å². The molecule has 0 bridgehead atoms. The molecule has 3 nitrogen and oxygen atoms in total. The summed E-state index contributed by atoms with van der Waals surface area (Å²) in [6.07, 6.45) is 7.10. The Bertz CT molecular complexity index is 351. The van der Waals surface area contributed by atoms with Crippen LogP contribution in [0.3, 0.4) is 0 Å². The van der Waals surface area contributed by atoms with Crippen molar-refractivity contribution in [2.45, 2.75) is 20.0 Å². The summed E-state index contributed by atoms with van der Waals surface area (Å²) >= 11 is 0. The zero-order valence-electron chi connectivity index (χ0n) is 9.06. The second-order valence-corrected chi connectivity index (χ2v) is 3.35. The van der Waals surface area contributed by atoms with Gasteiger partial charge in [0.25, 0.3) is 0 Å². The third-order valence-electron chi connectivity index (χ3n) is 2.13. The maximum Gasteiger partial charge on any atom is 0.114 e. The summed E-state index contributed by atoms with van der Waals surface area (Å²) in [7, 11) is 0. The van der Waals surface area contributed by atoms with Gasteiger partial charge >= 0.3 is 0 Å². The van der Waals surface area contributed by atoms with Crippen LogP contribution < -0.4 is 0 Å². The third-order valence-corrected chi connectivity index (χ3v) is 2.13. The van der Waals surface area contributed by atoms with Crippen molar-refractivity contribution in [2.24, 2.45) is 5.18 Å². The Hall–Kier alpha value is -1.48. The molecule has 1 rings (SSSR count). The number of hydrogen-bond acceptors (Lipinski definition) is 3. The lowest BCUT2D eigenvalue weighted by atomic mass is 10.0. The summed E-state index contributed by atoms with van der Waals surface area (Å²) < 4.78 is 5.44. The summed E-state index contributed by atoms with van der Waals surface area (Å²) in [5, 5.41) is 3.01. The molecule has 1 unspecified atom stereocenters. The van der Waals surface area contributed by atoms with Crippen LogP contribution in [0.4, 0.5) is 0 Å². The second kappa shape index (κ2) is 5.41. The zero-order valence-corrected chi connectivity index (χ0v) is 9.06. The van der Waals surface area contributed by atoms with E-state index in [9.17, 15) is 4.91 Å². The van der Waals surface area contributed by atoms with E-state index in [-0.39, 0.29) is 6.10 Å². The molecule has 1 atom stereocenters. The molecule has 0 fully saturated rings. The average Bonchev–Trinajstić information content (AvgIpc) is 2.69. The quantitative estimate of drug-likeness (QED) is 0.402. The van der Waals surface area contributed by atoms with Crippen LogP contribution in [0.1, 0.15) is 13.8 Å². The van der Waals surface area contributed by atoms with E-state index in [2.05, 4.69) is 11.8 Å². The summed E-state index contributed by atoms with van der Waals surface area (Å²) in [6.45, 7) is 8.11. The molecular weight excluding hydrogens is 190 g/mol. The Morgan fingerprint density at radius 3 is 2.80 bits per heavy atom. The number of allylic oxidation sites excluding steroid dienone is 2. The van der Waals surface area contributed by atoms with Crippen LogP contribution in [0.25, 0.3) is 0 Å². The Labute approximate surface area is 89.8 Å². The summed E-state index contributed by atoms with van der Waals surface area (Å²) in [6, 6.07) is 0. The fourth-order valence-corrected chi connectivity index (χ4v) is 1.51. The van der Waals surface area contributed by atoms with Gasteiger partial charge in [-0.25, -0.2) is 0 Å². The van der Waals surface area contributed by atoms with E-state index in [1.54, 1.807) is 12.2 Å². The van der Waals surface area contributed by atoms with E-state index in [1.165, 1.54) is 0 Å². The summed E-state index contributed by atoms with van der Waals surface area (Å²) in [4.78, 5) is 10.7. The van der Waals surface area contributed by atoms with Gasteiger partial charge in [-0.05, 0) is 30.7 Å². The van der Waals surface area contributed by atoms with Crippen molar-refractivity contribution in [1.82, 2.24) is 0 Å². The molecule has 1 heterocycles. The minimum atomic E-state index is -0.189. The van der Waals surface area contributed by atoms with Crippen molar-refractivity contribution in [1.29, 1.82) is 0 Å². The molecule has 80 valence electrons. The molecule has 3 heteroatoms. The number of nitroso groups, excluding NO2 is 1. The molecule has 1 aliphatic heterocycles. The molecule has 0 N–H and O–H groups in total. The standard InChI is InChI=1S/C12H15NO2/c1-4-6-10(13-14)12(9(2)3)11-7-5-8-15-11/h4-7,11H,2,8H2,1,3H3/b6-4-,12-10-. The lowest BCUT2D eigenvalue weighted by Crippen LogP contribution is -2.11. The first kappa shape index (κ1) is 11.6. The number of ether oxygens (including phenoxy) is 1. The van der Waals surface area contributed by atoms with Crippen LogP contribution in [0.5, 0.6) is 0 Å². The highest BCUT2D eigenvalue weighted by Crippen LogP contribution is 2.24. The van der Waals surface area contributed by atoms with Crippen molar-refractivity contribution in [2.75, 3.05) is 6.61 Å². The van der Waals surface area contributed by atoms with Gasteiger partial charge in [0.2, 0.25) is 0 Å². The van der Waals surface area contributed by atoms with Crippen LogP contribution in [0, 0.1) is 4.91 Å². The van der Waals surface area contributed by atoms with E-state index in [0.717, 1.165) is 11.1 Å². The largest absolute Gasteiger partial charge is 0.365 e. The first-order valence-corrected chi connectivity index (χ1v) is 4.85. The van der Waals surface area contributed by atoms with Gasteiger partial charge in [-0.1, -0.05) is 24.8 Å². The van der Waals surface area contributed by atoms with E-state index >= 15 is 0 Å². The van der Waals surface area contributed by atoms with Crippen molar-refractivity contribution < 1.29 is 4.74 Å². The van der Waals surface area contributed by atoms with Crippen molar-refractivity contribution in [3.8, 4) is 0 Å². The van der Waals surface area contributed by atoms with E-state index in [1.807, 2.05) is 26.0 Å². The van der Waals surface area contributed by atoms with Gasteiger partial charge in [0, 0.05) is 5.57 Å². The SMILES string of the molecule is C=C(C)/C(=C(\C=C/C)N=O)C1C=CCO1. The summed E-state index contributed by atoms with van der Waals surface area (Å²) in [5.41, 5.74) is 1.96. The molecule has 0 aromatic carbocycles. The van der Waals surface area contributed by atoms with Crippen molar-refractivity contribution in [3.63, 3.8) is 0 Å². The van der Waals surface area contributed by atoms with Crippen LogP contribution in [-0.4, -0.2) is 12.7 Å². The molecule has 0 saturated heterocycles. The molecule has 0 aromatic heterocycles. The van der Waals surface area contributed by atoms with E-state index in [0.29, 0.717) is 12.3 Å². The highest BCUT2D eigenvalue weighted by molar-refractivity contribution is 5.42. The average molecular weight is 205 g/mol. The predicted octanol–water partition coefficient (Wildman–Crippen LogP) is 3.11. The van der Waals surface area contributed by atoms with E-state index in [4.69, 9.17) is 4.74 Å². The molecule has 0 radical (unpaired) electrons. The van der Waals surface area contributed by atoms with Gasteiger partial charge in [0.1, 0.15) is 11.8 Å². The monoisotopic (exact) mass is 205 g/mol. The van der Waals surface area contributed by atoms with Crippen LogP contribution in [0.2, 0.25) is 0 Å². The molecule has 0 spiro atoms. The third kappa shape index (κ3) is 2.73. The topological polar surface area (TPSA) is 38.7 Å². The minimum Gasteiger partial charge on any atom is -0.365 e. The summed E-state index contributed by atoms with van der Waals surface area (Å²) in [5.74, 6) is 0. The van der Waals surface area contributed by atoms with Crippen LogP contribution >= 0.6 is 0 Å². The molecule has 15 heavy (non-hydrogen) atoms. The second-order valence-electron chi connectivity index (χ2n) is 3.35. The van der Waals surface area contributed by atoms with Crippen LogP contribution in [-0.2, 0) is 4.74 Å². The van der Waals surface area contributed by atoms with Gasteiger partial charge in [0.15, 0.2) is 0 Å². The Kier molecular flexibility index (Phi) is 4.18. The molecule has 0 aliphatic carbocycles. The molecular formula is C12H15NO2. The smallest absolute Gasteiger partial charge is 0.114 e. The van der Waals surface area contributed by atoms with Gasteiger partial charge in [-0.2, -0.15) is 0 Å². The molecule has 1 aliphatic rings. The molecule has 0 aromatic rings. The predicted molar refractivity (Wildman–Crippen MR) is 61.3 cm³/mol. The first-order chi connectivity index (χ1) is 7.20. The lowest BCUT2D eigenvalue weighted by Gasteiger charge is -2.14. The Balaban J connectivity index is 3.13. The number of hydrogen-bond donors (Lipinski definition) is 0. The van der Waals surface area contributed by atoms with Gasteiger partial charge in [-0.15, -0.1) is 4.91 Å². The van der Waals surface area contributed by atoms with Crippen LogP contribution in [0.15, 0.2) is 52.9 Å². The minimum absolute atomic E-state index is 0.189.